The fourth-order valence-electron chi connectivity index (χ4n) is 1.83. The number of nitrogens with one attached hydrogen (secondary N) is 1. The number of hydrogen-bond acceptors (Lipinski definition) is 6. The van der Waals surface area contributed by atoms with E-state index in [-0.39, 0.29) is 5.82 Å². The molecule has 3 aromatic rings. The Labute approximate surface area is 124 Å². The Hall–Kier alpha value is -2.35. The number of halogens is 1. The van der Waals surface area contributed by atoms with Crippen LogP contribution in [-0.4, -0.2) is 31.7 Å². The second-order valence-electron chi connectivity index (χ2n) is 4.36. The van der Waals surface area contributed by atoms with Gasteiger partial charge in [-0.3, -0.25) is 4.68 Å². The second kappa shape index (κ2) is 6.40. The van der Waals surface area contributed by atoms with Crippen molar-refractivity contribution < 1.29 is 4.39 Å². The standard InChI is InChI=1S/C13H13FN6S/c14-11-4-2-1-3-10(11)9-12-17-18-13(21-12)15-5-7-20-8-6-16-19-20/h1-4,6,8H,5,7,9H2,(H,15,18). The molecule has 2 heterocycles. The lowest BCUT2D eigenvalue weighted by Crippen LogP contribution is -2.10. The van der Waals surface area contributed by atoms with Gasteiger partial charge in [0.15, 0.2) is 0 Å². The summed E-state index contributed by atoms with van der Waals surface area (Å²) in [5.41, 5.74) is 0.628. The van der Waals surface area contributed by atoms with E-state index < -0.39 is 0 Å². The Balaban J connectivity index is 1.55. The lowest BCUT2D eigenvalue weighted by atomic mass is 10.1. The summed E-state index contributed by atoms with van der Waals surface area (Å²) in [6, 6.07) is 6.70. The Morgan fingerprint density at radius 2 is 2.14 bits per heavy atom. The summed E-state index contributed by atoms with van der Waals surface area (Å²) in [6.07, 6.45) is 3.89. The first-order valence-electron chi connectivity index (χ1n) is 6.45. The van der Waals surface area contributed by atoms with Crippen LogP contribution in [0.3, 0.4) is 0 Å². The summed E-state index contributed by atoms with van der Waals surface area (Å²) in [6.45, 7) is 1.37. The van der Waals surface area contributed by atoms with Crippen LogP contribution in [0.1, 0.15) is 10.6 Å². The molecular weight excluding hydrogens is 291 g/mol. The monoisotopic (exact) mass is 304 g/mol. The summed E-state index contributed by atoms with van der Waals surface area (Å²) in [5.74, 6) is -0.214. The summed E-state index contributed by atoms with van der Waals surface area (Å²) < 4.78 is 15.3. The number of anilines is 1. The normalized spacial score (nSPS) is 10.7. The van der Waals surface area contributed by atoms with Gasteiger partial charge >= 0.3 is 0 Å². The van der Waals surface area contributed by atoms with Crippen LogP contribution in [-0.2, 0) is 13.0 Å². The molecule has 3 rings (SSSR count). The highest BCUT2D eigenvalue weighted by Gasteiger charge is 2.07. The molecule has 8 heteroatoms. The first kappa shape index (κ1) is 13.6. The molecule has 0 unspecified atom stereocenters. The molecule has 0 saturated carbocycles. The van der Waals surface area contributed by atoms with Gasteiger partial charge in [-0.25, -0.2) is 4.39 Å². The van der Waals surface area contributed by atoms with Crippen molar-refractivity contribution in [1.29, 1.82) is 0 Å². The highest BCUT2D eigenvalue weighted by Crippen LogP contribution is 2.19. The van der Waals surface area contributed by atoms with Gasteiger partial charge in [-0.15, -0.1) is 15.3 Å². The van der Waals surface area contributed by atoms with Crippen molar-refractivity contribution in [2.24, 2.45) is 0 Å². The molecule has 0 radical (unpaired) electrons. The van der Waals surface area contributed by atoms with Crippen molar-refractivity contribution in [3.05, 3.63) is 53.0 Å². The van der Waals surface area contributed by atoms with Gasteiger partial charge in [0.2, 0.25) is 5.13 Å². The molecule has 0 aliphatic heterocycles. The van der Waals surface area contributed by atoms with Gasteiger partial charge < -0.3 is 5.32 Å². The van der Waals surface area contributed by atoms with Gasteiger partial charge in [-0.05, 0) is 11.6 Å². The largest absolute Gasteiger partial charge is 0.358 e. The number of aromatic nitrogens is 5. The molecular formula is C13H13FN6S. The van der Waals surface area contributed by atoms with E-state index in [1.165, 1.54) is 17.4 Å². The Bertz CT molecular complexity index is 696. The summed E-state index contributed by atoms with van der Waals surface area (Å²) in [7, 11) is 0. The number of benzene rings is 1. The minimum absolute atomic E-state index is 0.214. The zero-order valence-corrected chi connectivity index (χ0v) is 11.9. The third kappa shape index (κ3) is 3.60. The van der Waals surface area contributed by atoms with Crippen LogP contribution in [0, 0.1) is 5.82 Å². The predicted molar refractivity (Wildman–Crippen MR) is 77.6 cm³/mol. The lowest BCUT2D eigenvalue weighted by Gasteiger charge is -2.01. The summed E-state index contributed by atoms with van der Waals surface area (Å²) in [5, 5.41) is 20.4. The molecule has 6 nitrogen and oxygen atoms in total. The zero-order valence-electron chi connectivity index (χ0n) is 11.1. The third-order valence-corrected chi connectivity index (χ3v) is 3.74. The van der Waals surface area contributed by atoms with Crippen LogP contribution < -0.4 is 5.32 Å². The molecule has 0 aliphatic carbocycles. The third-order valence-electron chi connectivity index (χ3n) is 2.86. The van der Waals surface area contributed by atoms with Crippen LogP contribution in [0.4, 0.5) is 9.52 Å². The van der Waals surface area contributed by atoms with Crippen LogP contribution in [0.15, 0.2) is 36.7 Å². The van der Waals surface area contributed by atoms with E-state index in [0.717, 1.165) is 10.1 Å². The molecule has 0 atom stereocenters. The van der Waals surface area contributed by atoms with Crippen molar-refractivity contribution in [2.45, 2.75) is 13.0 Å². The maximum absolute atomic E-state index is 13.6. The minimum Gasteiger partial charge on any atom is -0.358 e. The molecule has 0 spiro atoms. The van der Waals surface area contributed by atoms with Gasteiger partial charge in [0.05, 0.1) is 12.7 Å². The lowest BCUT2D eigenvalue weighted by molar-refractivity contribution is 0.608. The fraction of sp³-hybridized carbons (Fsp3) is 0.231. The van der Waals surface area contributed by atoms with Crippen molar-refractivity contribution in [3.63, 3.8) is 0 Å². The van der Waals surface area contributed by atoms with Crippen molar-refractivity contribution in [1.82, 2.24) is 25.2 Å². The molecule has 1 N–H and O–H groups in total. The van der Waals surface area contributed by atoms with E-state index >= 15 is 0 Å². The maximum Gasteiger partial charge on any atom is 0.205 e. The van der Waals surface area contributed by atoms with Gasteiger partial charge in [0, 0.05) is 19.2 Å². The van der Waals surface area contributed by atoms with Gasteiger partial charge in [-0.1, -0.05) is 34.7 Å². The van der Waals surface area contributed by atoms with Crippen LogP contribution in [0.2, 0.25) is 0 Å². The average Bonchev–Trinajstić information content (AvgIpc) is 3.14. The molecule has 0 amide bonds. The summed E-state index contributed by atoms with van der Waals surface area (Å²) in [4.78, 5) is 0. The maximum atomic E-state index is 13.6. The molecule has 0 saturated heterocycles. The number of hydrogen-bond donors (Lipinski definition) is 1. The SMILES string of the molecule is Fc1ccccc1Cc1nnc(NCCn2ccnn2)s1. The summed E-state index contributed by atoms with van der Waals surface area (Å²) >= 11 is 1.43. The smallest absolute Gasteiger partial charge is 0.205 e. The van der Waals surface area contributed by atoms with E-state index in [0.29, 0.717) is 25.1 Å². The first-order chi connectivity index (χ1) is 10.3. The highest BCUT2D eigenvalue weighted by molar-refractivity contribution is 7.15. The molecule has 0 bridgehead atoms. The molecule has 108 valence electrons. The predicted octanol–water partition coefficient (Wildman–Crippen LogP) is 1.97. The van der Waals surface area contributed by atoms with Gasteiger partial charge in [0.25, 0.3) is 0 Å². The fourth-order valence-corrected chi connectivity index (χ4v) is 2.62. The molecule has 0 fully saturated rings. The quantitative estimate of drug-likeness (QED) is 0.754. The molecule has 0 aliphatic rings. The van der Waals surface area contributed by atoms with Gasteiger partial charge in [0.1, 0.15) is 10.8 Å². The van der Waals surface area contributed by atoms with Gasteiger partial charge in [-0.2, -0.15) is 0 Å². The molecule has 1 aromatic carbocycles. The van der Waals surface area contributed by atoms with Crippen molar-refractivity contribution in [2.75, 3.05) is 11.9 Å². The van der Waals surface area contributed by atoms with Crippen LogP contribution in [0.25, 0.3) is 0 Å². The molecule has 2 aromatic heterocycles. The zero-order chi connectivity index (χ0) is 14.5. The number of nitrogens with zero attached hydrogens (tertiary/aromatic N) is 5. The second-order valence-corrected chi connectivity index (χ2v) is 5.42. The highest BCUT2D eigenvalue weighted by atomic mass is 32.1. The van der Waals surface area contributed by atoms with Crippen LogP contribution >= 0.6 is 11.3 Å². The van der Waals surface area contributed by atoms with E-state index in [1.54, 1.807) is 29.2 Å². The van der Waals surface area contributed by atoms with Crippen molar-refractivity contribution in [3.8, 4) is 0 Å². The minimum atomic E-state index is -0.214. The Morgan fingerprint density at radius 1 is 1.24 bits per heavy atom. The van der Waals surface area contributed by atoms with E-state index in [9.17, 15) is 4.39 Å². The topological polar surface area (TPSA) is 68.5 Å². The number of rotatable bonds is 6. The van der Waals surface area contributed by atoms with E-state index in [2.05, 4.69) is 25.8 Å². The Morgan fingerprint density at radius 3 is 2.95 bits per heavy atom. The Kier molecular flexibility index (Phi) is 4.15. The first-order valence-corrected chi connectivity index (χ1v) is 7.26. The van der Waals surface area contributed by atoms with E-state index in [4.69, 9.17) is 0 Å². The van der Waals surface area contributed by atoms with Crippen LogP contribution in [0.5, 0.6) is 0 Å². The average molecular weight is 304 g/mol. The molecule has 21 heavy (non-hydrogen) atoms. The van der Waals surface area contributed by atoms with Crippen molar-refractivity contribution >= 4 is 16.5 Å². The van der Waals surface area contributed by atoms with E-state index in [1.807, 2.05) is 6.07 Å².